The average Bonchev–Trinajstić information content (AvgIpc) is 2.73. The van der Waals surface area contributed by atoms with Crippen molar-refractivity contribution < 1.29 is 23.5 Å². The molecule has 2 amide bonds. The molecule has 0 aliphatic carbocycles. The number of carbonyl (C=O) groups excluding carboxylic acids is 2. The van der Waals surface area contributed by atoms with E-state index in [0.717, 1.165) is 5.56 Å². The summed E-state index contributed by atoms with van der Waals surface area (Å²) in [6.45, 7) is 0.843. The largest absolute Gasteiger partial charge is 0.493 e. The van der Waals surface area contributed by atoms with Crippen LogP contribution in [0.15, 0.2) is 36.4 Å². The predicted octanol–water partition coefficient (Wildman–Crippen LogP) is 3.46. The van der Waals surface area contributed by atoms with E-state index < -0.39 is 11.7 Å². The SMILES string of the molecule is COc1ccc(CC(=O)NC2CCN(C(=O)c3c(F)cccc3Cl)CC2)cc1OC. The minimum atomic E-state index is -0.627. The maximum atomic E-state index is 14.0. The second-order valence-electron chi connectivity index (χ2n) is 7.10. The Bertz CT molecular complexity index is 909. The molecular formula is C22H24ClFN2O4. The number of benzene rings is 2. The molecule has 0 spiro atoms. The third kappa shape index (κ3) is 5.02. The van der Waals surface area contributed by atoms with E-state index >= 15 is 0 Å². The summed E-state index contributed by atoms with van der Waals surface area (Å²) in [5.41, 5.74) is 0.710. The molecule has 1 N–H and O–H groups in total. The van der Waals surface area contributed by atoms with Gasteiger partial charge in [0.05, 0.1) is 31.2 Å². The van der Waals surface area contributed by atoms with Gasteiger partial charge in [-0.3, -0.25) is 9.59 Å². The Labute approximate surface area is 179 Å². The number of halogens is 2. The highest BCUT2D eigenvalue weighted by Crippen LogP contribution is 2.28. The fourth-order valence-corrected chi connectivity index (χ4v) is 3.79. The van der Waals surface area contributed by atoms with Crippen LogP contribution in [0.5, 0.6) is 11.5 Å². The normalized spacial score (nSPS) is 14.3. The molecule has 1 aliphatic heterocycles. The van der Waals surface area contributed by atoms with E-state index in [1.165, 1.54) is 18.2 Å². The molecule has 0 atom stereocenters. The zero-order chi connectivity index (χ0) is 21.7. The summed E-state index contributed by atoms with van der Waals surface area (Å²) in [6.07, 6.45) is 1.40. The molecule has 0 saturated carbocycles. The number of rotatable bonds is 6. The van der Waals surface area contributed by atoms with Gasteiger partial charge < -0.3 is 19.7 Å². The van der Waals surface area contributed by atoms with E-state index in [9.17, 15) is 14.0 Å². The smallest absolute Gasteiger partial charge is 0.258 e. The number of amides is 2. The van der Waals surface area contributed by atoms with Crippen LogP contribution in [-0.2, 0) is 11.2 Å². The first-order valence-electron chi connectivity index (χ1n) is 9.66. The molecule has 0 aromatic heterocycles. The Hall–Kier alpha value is -2.80. The molecule has 1 fully saturated rings. The summed E-state index contributed by atoms with van der Waals surface area (Å²) >= 11 is 6.00. The molecule has 8 heteroatoms. The number of hydrogen-bond acceptors (Lipinski definition) is 4. The van der Waals surface area contributed by atoms with Crippen LogP contribution in [0, 0.1) is 5.82 Å². The number of ether oxygens (including phenoxy) is 2. The Morgan fingerprint density at radius 2 is 1.83 bits per heavy atom. The third-order valence-corrected chi connectivity index (χ3v) is 5.45. The second kappa shape index (κ2) is 9.80. The van der Waals surface area contributed by atoms with Gasteiger partial charge in [-0.1, -0.05) is 23.7 Å². The first-order valence-corrected chi connectivity index (χ1v) is 10.0. The van der Waals surface area contributed by atoms with E-state index in [1.807, 2.05) is 6.07 Å². The van der Waals surface area contributed by atoms with E-state index in [1.54, 1.807) is 31.3 Å². The molecule has 30 heavy (non-hydrogen) atoms. The van der Waals surface area contributed by atoms with Crippen LogP contribution < -0.4 is 14.8 Å². The third-order valence-electron chi connectivity index (χ3n) is 5.14. The maximum Gasteiger partial charge on any atom is 0.258 e. The molecule has 2 aromatic carbocycles. The zero-order valence-corrected chi connectivity index (χ0v) is 17.7. The summed E-state index contributed by atoms with van der Waals surface area (Å²) in [4.78, 5) is 26.6. The van der Waals surface area contributed by atoms with Crippen LogP contribution in [0.25, 0.3) is 0 Å². The highest BCUT2D eigenvalue weighted by Gasteiger charge is 2.27. The number of nitrogens with zero attached hydrogens (tertiary/aromatic N) is 1. The van der Waals surface area contributed by atoms with Crippen molar-refractivity contribution in [3.63, 3.8) is 0 Å². The molecule has 6 nitrogen and oxygen atoms in total. The molecule has 3 rings (SSSR count). The molecule has 1 aliphatic rings. The minimum absolute atomic E-state index is 0.0437. The lowest BCUT2D eigenvalue weighted by atomic mass is 10.0. The van der Waals surface area contributed by atoms with Crippen molar-refractivity contribution in [2.45, 2.75) is 25.3 Å². The van der Waals surface area contributed by atoms with Crippen molar-refractivity contribution in [3.05, 3.63) is 58.4 Å². The van der Waals surface area contributed by atoms with Gasteiger partial charge in [0.1, 0.15) is 5.82 Å². The lowest BCUT2D eigenvalue weighted by Crippen LogP contribution is -2.47. The van der Waals surface area contributed by atoms with E-state index in [0.29, 0.717) is 37.4 Å². The molecule has 2 aromatic rings. The van der Waals surface area contributed by atoms with Gasteiger partial charge in [0.15, 0.2) is 11.5 Å². The lowest BCUT2D eigenvalue weighted by molar-refractivity contribution is -0.121. The van der Waals surface area contributed by atoms with Crippen molar-refractivity contribution in [1.29, 1.82) is 0 Å². The van der Waals surface area contributed by atoms with Gasteiger partial charge in [0.2, 0.25) is 5.91 Å². The van der Waals surface area contributed by atoms with Crippen molar-refractivity contribution in [2.24, 2.45) is 0 Å². The summed E-state index contributed by atoms with van der Waals surface area (Å²) in [5.74, 6) is 0.0188. The maximum absolute atomic E-state index is 14.0. The topological polar surface area (TPSA) is 67.9 Å². The summed E-state index contributed by atoms with van der Waals surface area (Å²) in [6, 6.07) is 9.50. The standard InChI is InChI=1S/C22H24ClFN2O4/c1-29-18-7-6-14(12-19(18)30-2)13-20(27)25-15-8-10-26(11-9-15)22(28)21-16(23)4-3-5-17(21)24/h3-7,12,15H,8-11,13H2,1-2H3,(H,25,27). The molecule has 160 valence electrons. The number of methoxy groups -OCH3 is 2. The Kier molecular flexibility index (Phi) is 7.15. The van der Waals surface area contributed by atoms with Gasteiger partial charge in [-0.2, -0.15) is 0 Å². The number of carbonyl (C=O) groups is 2. The van der Waals surface area contributed by atoms with Crippen LogP contribution in [-0.4, -0.2) is 50.1 Å². The number of likely N-dealkylation sites (tertiary alicyclic amines) is 1. The average molecular weight is 435 g/mol. The predicted molar refractivity (Wildman–Crippen MR) is 112 cm³/mol. The molecule has 1 heterocycles. The fourth-order valence-electron chi connectivity index (χ4n) is 3.54. The molecule has 0 bridgehead atoms. The molecule has 0 radical (unpaired) electrons. The van der Waals surface area contributed by atoms with Gasteiger partial charge in [0, 0.05) is 19.1 Å². The summed E-state index contributed by atoms with van der Waals surface area (Å²) < 4.78 is 24.5. The van der Waals surface area contributed by atoms with Gasteiger partial charge >= 0.3 is 0 Å². The van der Waals surface area contributed by atoms with Crippen molar-refractivity contribution in [2.75, 3.05) is 27.3 Å². The van der Waals surface area contributed by atoms with E-state index in [-0.39, 0.29) is 29.0 Å². The zero-order valence-electron chi connectivity index (χ0n) is 16.9. The highest BCUT2D eigenvalue weighted by molar-refractivity contribution is 6.33. The van der Waals surface area contributed by atoms with Crippen LogP contribution in [0.4, 0.5) is 4.39 Å². The Morgan fingerprint density at radius 3 is 2.47 bits per heavy atom. The molecular weight excluding hydrogens is 411 g/mol. The minimum Gasteiger partial charge on any atom is -0.493 e. The lowest BCUT2D eigenvalue weighted by Gasteiger charge is -2.32. The van der Waals surface area contributed by atoms with Crippen LogP contribution in [0.2, 0.25) is 5.02 Å². The van der Waals surface area contributed by atoms with E-state index in [2.05, 4.69) is 5.32 Å². The first-order chi connectivity index (χ1) is 14.4. The number of hydrogen-bond donors (Lipinski definition) is 1. The molecule has 1 saturated heterocycles. The summed E-state index contributed by atoms with van der Waals surface area (Å²) in [5, 5.41) is 3.11. The van der Waals surface area contributed by atoms with Gasteiger partial charge in [-0.05, 0) is 42.7 Å². The first kappa shape index (κ1) is 21.9. The van der Waals surface area contributed by atoms with Gasteiger partial charge in [-0.25, -0.2) is 4.39 Å². The van der Waals surface area contributed by atoms with Crippen LogP contribution in [0.1, 0.15) is 28.8 Å². The Balaban J connectivity index is 1.53. The number of piperidine rings is 1. The monoisotopic (exact) mass is 434 g/mol. The van der Waals surface area contributed by atoms with Crippen molar-refractivity contribution in [3.8, 4) is 11.5 Å². The molecule has 0 unspecified atom stereocenters. The second-order valence-corrected chi connectivity index (χ2v) is 7.50. The van der Waals surface area contributed by atoms with Gasteiger partial charge in [0.25, 0.3) is 5.91 Å². The van der Waals surface area contributed by atoms with Crippen LogP contribution >= 0.6 is 11.6 Å². The van der Waals surface area contributed by atoms with Crippen LogP contribution in [0.3, 0.4) is 0 Å². The highest BCUT2D eigenvalue weighted by atomic mass is 35.5. The number of nitrogens with one attached hydrogen (secondary N) is 1. The van der Waals surface area contributed by atoms with Gasteiger partial charge in [-0.15, -0.1) is 0 Å². The van der Waals surface area contributed by atoms with Crippen molar-refractivity contribution in [1.82, 2.24) is 10.2 Å². The van der Waals surface area contributed by atoms with Crippen molar-refractivity contribution >= 4 is 23.4 Å². The summed E-state index contributed by atoms with van der Waals surface area (Å²) in [7, 11) is 3.10. The van der Waals surface area contributed by atoms with E-state index in [4.69, 9.17) is 21.1 Å². The fraction of sp³-hybridized carbons (Fsp3) is 0.364. The Morgan fingerprint density at radius 1 is 1.13 bits per heavy atom. The quantitative estimate of drug-likeness (QED) is 0.756.